The van der Waals surface area contributed by atoms with Gasteiger partial charge in [0.1, 0.15) is 0 Å². The maximum atomic E-state index is 13.1. The standard InChI is InChI=1S/C24H27ClF3N5O2/c25-20-10-17(9-19(11-20)24(26,27)28)13-30-7-3-23(15-30)4-8-32(16-23)22(35)33-14-18(12-29-33)21(34)31-5-1-2-6-31/h9-12,14H,1-8,13,15-16H2. The molecule has 0 bridgehead atoms. The second kappa shape index (κ2) is 9.13. The SMILES string of the molecule is O=C(c1cnn(C(=O)N2CCC3(CCN(Cc4cc(Cl)cc(C(F)(F)F)c4)C3)C2)c1)N1CCCC1. The third-order valence-corrected chi connectivity index (χ3v) is 7.55. The molecule has 2 amide bonds. The van der Waals surface area contributed by atoms with Gasteiger partial charge in [0.15, 0.2) is 0 Å². The highest BCUT2D eigenvalue weighted by Gasteiger charge is 2.45. The van der Waals surface area contributed by atoms with Gasteiger partial charge in [-0.15, -0.1) is 0 Å². The number of carbonyl (C=O) groups excluding carboxylic acids is 2. The number of hydrogen-bond acceptors (Lipinski definition) is 4. The Hall–Kier alpha value is -2.59. The van der Waals surface area contributed by atoms with Crippen LogP contribution in [-0.2, 0) is 12.7 Å². The molecule has 1 aromatic heterocycles. The Morgan fingerprint density at radius 1 is 1.00 bits per heavy atom. The van der Waals surface area contributed by atoms with E-state index < -0.39 is 11.7 Å². The fraction of sp³-hybridized carbons (Fsp3) is 0.542. The lowest BCUT2D eigenvalue weighted by Gasteiger charge is -2.25. The van der Waals surface area contributed by atoms with E-state index in [-0.39, 0.29) is 22.4 Å². The predicted molar refractivity (Wildman–Crippen MR) is 123 cm³/mol. The molecule has 35 heavy (non-hydrogen) atoms. The number of aromatic nitrogens is 2. The monoisotopic (exact) mass is 509 g/mol. The molecule has 3 saturated heterocycles. The van der Waals surface area contributed by atoms with Crippen LogP contribution in [0.25, 0.3) is 0 Å². The van der Waals surface area contributed by atoms with E-state index in [9.17, 15) is 22.8 Å². The third-order valence-electron chi connectivity index (χ3n) is 7.34. The second-order valence-electron chi connectivity index (χ2n) is 9.93. The molecule has 2 aromatic rings. The summed E-state index contributed by atoms with van der Waals surface area (Å²) in [5, 5.41) is 4.21. The Morgan fingerprint density at radius 2 is 1.74 bits per heavy atom. The van der Waals surface area contributed by atoms with Crippen molar-refractivity contribution in [2.75, 3.05) is 39.3 Å². The van der Waals surface area contributed by atoms with E-state index in [1.54, 1.807) is 15.9 Å². The van der Waals surface area contributed by atoms with E-state index in [0.717, 1.165) is 57.5 Å². The maximum Gasteiger partial charge on any atom is 0.416 e. The molecule has 0 N–H and O–H groups in total. The highest BCUT2D eigenvalue weighted by atomic mass is 35.5. The third kappa shape index (κ3) is 5.04. The Balaban J connectivity index is 1.20. The highest BCUT2D eigenvalue weighted by molar-refractivity contribution is 6.30. The lowest BCUT2D eigenvalue weighted by molar-refractivity contribution is -0.137. The van der Waals surface area contributed by atoms with Crippen LogP contribution in [0.2, 0.25) is 5.02 Å². The lowest BCUT2D eigenvalue weighted by Crippen LogP contribution is -2.36. The first-order valence-electron chi connectivity index (χ1n) is 11.8. The largest absolute Gasteiger partial charge is 0.416 e. The number of carbonyl (C=O) groups is 2. The van der Waals surface area contributed by atoms with E-state index in [1.807, 2.05) is 0 Å². The fourth-order valence-electron chi connectivity index (χ4n) is 5.54. The minimum Gasteiger partial charge on any atom is -0.339 e. The Morgan fingerprint density at radius 3 is 2.49 bits per heavy atom. The van der Waals surface area contributed by atoms with Crippen molar-refractivity contribution in [3.63, 3.8) is 0 Å². The zero-order chi connectivity index (χ0) is 24.8. The van der Waals surface area contributed by atoms with Crippen LogP contribution in [0.1, 0.15) is 47.2 Å². The normalized spacial score (nSPS) is 23.1. The van der Waals surface area contributed by atoms with Gasteiger partial charge in [0, 0.05) is 55.9 Å². The molecular weight excluding hydrogens is 483 g/mol. The van der Waals surface area contributed by atoms with Gasteiger partial charge < -0.3 is 9.80 Å². The van der Waals surface area contributed by atoms with Gasteiger partial charge in [-0.05, 0) is 56.0 Å². The van der Waals surface area contributed by atoms with Crippen molar-refractivity contribution in [3.05, 3.63) is 52.3 Å². The van der Waals surface area contributed by atoms with Crippen molar-refractivity contribution in [1.29, 1.82) is 0 Å². The lowest BCUT2D eigenvalue weighted by atomic mass is 9.86. The summed E-state index contributed by atoms with van der Waals surface area (Å²) in [5.41, 5.74) is 0.108. The maximum absolute atomic E-state index is 13.1. The molecule has 0 saturated carbocycles. The van der Waals surface area contributed by atoms with Crippen LogP contribution >= 0.6 is 11.6 Å². The molecule has 3 aliphatic heterocycles. The summed E-state index contributed by atoms with van der Waals surface area (Å²) in [7, 11) is 0. The molecule has 5 rings (SSSR count). The summed E-state index contributed by atoms with van der Waals surface area (Å²) in [6.07, 6.45) is 2.18. The number of amides is 2. The van der Waals surface area contributed by atoms with Crippen molar-refractivity contribution >= 4 is 23.5 Å². The van der Waals surface area contributed by atoms with Gasteiger partial charge in [0.05, 0.1) is 17.3 Å². The van der Waals surface area contributed by atoms with E-state index >= 15 is 0 Å². The first-order valence-corrected chi connectivity index (χ1v) is 12.2. The quantitative estimate of drug-likeness (QED) is 0.617. The number of alkyl halides is 3. The van der Waals surface area contributed by atoms with E-state index in [2.05, 4.69) is 10.00 Å². The Labute approximate surface area is 206 Å². The topological polar surface area (TPSA) is 61.7 Å². The van der Waals surface area contributed by atoms with Crippen LogP contribution in [0, 0.1) is 5.41 Å². The highest BCUT2D eigenvalue weighted by Crippen LogP contribution is 2.40. The first-order chi connectivity index (χ1) is 16.6. The molecule has 11 heteroatoms. The number of nitrogens with zero attached hydrogens (tertiary/aromatic N) is 5. The second-order valence-corrected chi connectivity index (χ2v) is 10.4. The molecule has 0 aliphatic carbocycles. The fourth-order valence-corrected chi connectivity index (χ4v) is 5.80. The van der Waals surface area contributed by atoms with Crippen LogP contribution in [0.4, 0.5) is 18.0 Å². The molecule has 4 heterocycles. The summed E-state index contributed by atoms with van der Waals surface area (Å²) in [4.78, 5) is 31.3. The molecule has 1 unspecified atom stereocenters. The van der Waals surface area contributed by atoms with Crippen molar-refractivity contribution in [2.45, 2.75) is 38.4 Å². The van der Waals surface area contributed by atoms with Crippen LogP contribution in [-0.4, -0.2) is 75.7 Å². The van der Waals surface area contributed by atoms with Crippen molar-refractivity contribution in [1.82, 2.24) is 24.5 Å². The molecular formula is C24H27ClF3N5O2. The van der Waals surface area contributed by atoms with Crippen LogP contribution in [0.15, 0.2) is 30.6 Å². The summed E-state index contributed by atoms with van der Waals surface area (Å²) in [6, 6.07) is 3.41. The molecule has 3 fully saturated rings. The zero-order valence-electron chi connectivity index (χ0n) is 19.2. The first kappa shape index (κ1) is 24.1. The van der Waals surface area contributed by atoms with Gasteiger partial charge in [-0.2, -0.15) is 23.0 Å². The van der Waals surface area contributed by atoms with Crippen LogP contribution in [0.5, 0.6) is 0 Å². The minimum absolute atomic E-state index is 0.0724. The molecule has 3 aliphatic rings. The molecule has 188 valence electrons. The van der Waals surface area contributed by atoms with Crippen molar-refractivity contribution in [2.24, 2.45) is 5.41 Å². The molecule has 1 spiro atoms. The smallest absolute Gasteiger partial charge is 0.339 e. The van der Waals surface area contributed by atoms with E-state index in [1.165, 1.54) is 17.1 Å². The molecule has 1 atom stereocenters. The van der Waals surface area contributed by atoms with Gasteiger partial charge in [-0.25, -0.2) is 4.79 Å². The predicted octanol–water partition coefficient (Wildman–Crippen LogP) is 4.36. The van der Waals surface area contributed by atoms with Crippen LogP contribution < -0.4 is 0 Å². The van der Waals surface area contributed by atoms with E-state index in [0.29, 0.717) is 37.3 Å². The molecule has 7 nitrogen and oxygen atoms in total. The zero-order valence-corrected chi connectivity index (χ0v) is 20.0. The molecule has 0 radical (unpaired) electrons. The molecule has 1 aromatic carbocycles. The van der Waals surface area contributed by atoms with E-state index in [4.69, 9.17) is 11.6 Å². The summed E-state index contributed by atoms with van der Waals surface area (Å²) < 4.78 is 40.7. The average molecular weight is 510 g/mol. The number of rotatable bonds is 3. The number of benzene rings is 1. The van der Waals surface area contributed by atoms with Gasteiger partial charge in [0.25, 0.3) is 5.91 Å². The average Bonchev–Trinajstić information content (AvgIpc) is 3.61. The van der Waals surface area contributed by atoms with Gasteiger partial charge in [0.2, 0.25) is 0 Å². The summed E-state index contributed by atoms with van der Waals surface area (Å²) in [5.74, 6) is -0.0967. The van der Waals surface area contributed by atoms with Gasteiger partial charge in [-0.1, -0.05) is 11.6 Å². The van der Waals surface area contributed by atoms with Gasteiger partial charge in [-0.3, -0.25) is 9.69 Å². The Kier molecular flexibility index (Phi) is 6.29. The van der Waals surface area contributed by atoms with Crippen molar-refractivity contribution < 1.29 is 22.8 Å². The van der Waals surface area contributed by atoms with Crippen LogP contribution in [0.3, 0.4) is 0 Å². The Bertz CT molecular complexity index is 1130. The number of hydrogen-bond donors (Lipinski definition) is 0. The van der Waals surface area contributed by atoms with Crippen molar-refractivity contribution in [3.8, 4) is 0 Å². The van der Waals surface area contributed by atoms with Gasteiger partial charge >= 0.3 is 12.2 Å². The summed E-state index contributed by atoms with van der Waals surface area (Å²) in [6.45, 7) is 4.42. The minimum atomic E-state index is -4.44. The summed E-state index contributed by atoms with van der Waals surface area (Å²) >= 11 is 5.94. The number of halogens is 4. The number of likely N-dealkylation sites (tertiary alicyclic amines) is 3.